The van der Waals surface area contributed by atoms with Gasteiger partial charge in [-0.25, -0.2) is 0 Å². The van der Waals surface area contributed by atoms with Crippen molar-refractivity contribution in [3.8, 4) is 32.4 Å². The van der Waals surface area contributed by atoms with Crippen LogP contribution >= 0.6 is 45.3 Å². The van der Waals surface area contributed by atoms with E-state index in [1.807, 2.05) is 57.5 Å². The molecular formula is C35H33NO2S4. The van der Waals surface area contributed by atoms with Crippen LogP contribution < -0.4 is 15.1 Å². The largest absolute Gasteiger partial charge is 0.497 e. The molecule has 7 heteroatoms. The molecule has 0 aliphatic heterocycles. The van der Waals surface area contributed by atoms with E-state index in [0.717, 1.165) is 24.5 Å². The Labute approximate surface area is 262 Å². The van der Waals surface area contributed by atoms with Gasteiger partial charge in [-0.05, 0) is 90.3 Å². The molecule has 3 aromatic carbocycles. The number of benzene rings is 3. The number of hydroxylamine groups is 1. The Bertz CT molecular complexity index is 1960. The first-order chi connectivity index (χ1) is 20.7. The minimum Gasteiger partial charge on any atom is -0.497 e. The number of nitrogens with one attached hydrogen (secondary N) is 1. The third-order valence-corrected chi connectivity index (χ3v) is 12.6. The molecule has 3 nitrogen and oxygen atoms in total. The lowest BCUT2D eigenvalue weighted by Gasteiger charge is -2.07. The zero-order valence-corrected chi connectivity index (χ0v) is 27.1. The summed E-state index contributed by atoms with van der Waals surface area (Å²) in [4.78, 5) is 8.40. The van der Waals surface area contributed by atoms with Crippen molar-refractivity contribution >= 4 is 84.3 Å². The van der Waals surface area contributed by atoms with E-state index in [-0.39, 0.29) is 0 Å². The number of methoxy groups -OCH3 is 1. The Morgan fingerprint density at radius 2 is 1.12 bits per heavy atom. The molecule has 214 valence electrons. The van der Waals surface area contributed by atoms with Gasteiger partial charge in [0.15, 0.2) is 0 Å². The lowest BCUT2D eigenvalue weighted by atomic mass is 10.1. The predicted molar refractivity (Wildman–Crippen MR) is 187 cm³/mol. The van der Waals surface area contributed by atoms with Crippen molar-refractivity contribution in [2.75, 3.05) is 13.7 Å². The van der Waals surface area contributed by atoms with Crippen molar-refractivity contribution in [2.24, 2.45) is 0 Å². The van der Waals surface area contributed by atoms with Gasteiger partial charge in [-0.15, -0.1) is 45.3 Å². The van der Waals surface area contributed by atoms with Crippen LogP contribution in [0.1, 0.15) is 45.4 Å². The average molecular weight is 628 g/mol. The lowest BCUT2D eigenvalue weighted by Crippen LogP contribution is -2.19. The number of hydrogen-bond donors (Lipinski definition) is 1. The summed E-state index contributed by atoms with van der Waals surface area (Å²) in [6.45, 7) is 3.15. The summed E-state index contributed by atoms with van der Waals surface area (Å²) in [6, 6.07) is 26.4. The third kappa shape index (κ3) is 5.56. The predicted octanol–water partition coefficient (Wildman–Crippen LogP) is 12.1. The first kappa shape index (κ1) is 27.9. The van der Waals surface area contributed by atoms with Gasteiger partial charge >= 0.3 is 0 Å². The van der Waals surface area contributed by atoms with E-state index in [0.29, 0.717) is 0 Å². The SMILES string of the molecule is CCCCCCCCNOc1ccc(-c2cc3sc4cc5sc6cc(-c7ccc(OC)cc7)sc6c5cc4c3s2)cc1. The second-order valence-electron chi connectivity index (χ2n) is 10.7. The van der Waals surface area contributed by atoms with Crippen LogP contribution in [0.4, 0.5) is 0 Å². The molecule has 7 rings (SSSR count). The van der Waals surface area contributed by atoms with Crippen molar-refractivity contribution in [1.82, 2.24) is 5.48 Å². The van der Waals surface area contributed by atoms with Crippen LogP contribution in [-0.4, -0.2) is 13.7 Å². The Morgan fingerprint density at radius 1 is 0.571 bits per heavy atom. The number of hydrogen-bond acceptors (Lipinski definition) is 7. The molecule has 42 heavy (non-hydrogen) atoms. The number of fused-ring (bicyclic) bond motifs is 6. The minimum absolute atomic E-state index is 0.863. The van der Waals surface area contributed by atoms with Crippen molar-refractivity contribution in [3.63, 3.8) is 0 Å². The zero-order valence-electron chi connectivity index (χ0n) is 23.8. The fraction of sp³-hybridized carbons (Fsp3) is 0.257. The summed E-state index contributed by atoms with van der Waals surface area (Å²) in [6.07, 6.45) is 7.72. The summed E-state index contributed by atoms with van der Waals surface area (Å²) in [7, 11) is 1.71. The van der Waals surface area contributed by atoms with E-state index < -0.39 is 0 Å². The van der Waals surface area contributed by atoms with Crippen LogP contribution in [0.25, 0.3) is 59.9 Å². The number of ether oxygens (including phenoxy) is 1. The molecule has 4 heterocycles. The summed E-state index contributed by atoms with van der Waals surface area (Å²) in [5, 5.41) is 2.74. The molecular weight excluding hydrogens is 595 g/mol. The summed E-state index contributed by atoms with van der Waals surface area (Å²) < 4.78 is 13.6. The van der Waals surface area contributed by atoms with Gasteiger partial charge in [0.25, 0.3) is 0 Å². The lowest BCUT2D eigenvalue weighted by molar-refractivity contribution is 0.193. The van der Waals surface area contributed by atoms with Crippen LogP contribution in [0.3, 0.4) is 0 Å². The Balaban J connectivity index is 1.09. The molecule has 0 bridgehead atoms. The molecule has 7 aromatic rings. The van der Waals surface area contributed by atoms with Gasteiger partial charge in [-0.3, -0.25) is 0 Å². The summed E-state index contributed by atoms with van der Waals surface area (Å²) >= 11 is 7.60. The van der Waals surface area contributed by atoms with Gasteiger partial charge in [-0.1, -0.05) is 39.0 Å². The van der Waals surface area contributed by atoms with Crippen LogP contribution in [0, 0.1) is 0 Å². The van der Waals surface area contributed by atoms with E-state index in [1.165, 1.54) is 92.0 Å². The highest BCUT2D eigenvalue weighted by Crippen LogP contribution is 2.48. The van der Waals surface area contributed by atoms with Crippen molar-refractivity contribution in [3.05, 3.63) is 72.8 Å². The second kappa shape index (κ2) is 12.3. The number of unbranched alkanes of at least 4 members (excludes halogenated alkanes) is 5. The Kier molecular flexibility index (Phi) is 8.19. The van der Waals surface area contributed by atoms with Gasteiger partial charge < -0.3 is 9.57 Å². The number of thiophene rings is 4. The molecule has 0 spiro atoms. The molecule has 0 saturated heterocycles. The standard InChI is InChI=1S/C35H33NO2S4/c1-3-4-5-6-7-8-17-36-38-25-15-11-23(12-16-25)29-20-33-35(42-29)27-18-26-30(21-31(27)40-33)39-32-19-28(41-34(26)32)22-9-13-24(37-2)14-10-22/h9-16,18-21,36H,3-8,17H2,1-2H3. The second-order valence-corrected chi connectivity index (χ2v) is 14.9. The molecule has 0 aliphatic rings. The fourth-order valence-corrected chi connectivity index (χ4v) is 10.6. The molecule has 0 aliphatic carbocycles. The molecule has 0 unspecified atom stereocenters. The van der Waals surface area contributed by atoms with Gasteiger partial charge in [0.1, 0.15) is 11.5 Å². The quantitative estimate of drug-likeness (QED) is 0.108. The van der Waals surface area contributed by atoms with E-state index in [1.54, 1.807) is 7.11 Å². The van der Waals surface area contributed by atoms with E-state index in [4.69, 9.17) is 9.57 Å². The Hall–Kier alpha value is -2.94. The summed E-state index contributed by atoms with van der Waals surface area (Å²) in [5.74, 6) is 1.75. The van der Waals surface area contributed by atoms with Crippen molar-refractivity contribution in [2.45, 2.75) is 45.4 Å². The monoisotopic (exact) mass is 627 g/mol. The molecule has 4 aromatic heterocycles. The molecule has 0 radical (unpaired) electrons. The molecule has 0 fully saturated rings. The maximum Gasteiger partial charge on any atom is 0.147 e. The highest BCUT2D eigenvalue weighted by molar-refractivity contribution is 7.35. The van der Waals surface area contributed by atoms with Crippen LogP contribution in [0.15, 0.2) is 72.8 Å². The van der Waals surface area contributed by atoms with E-state index in [9.17, 15) is 0 Å². The van der Waals surface area contributed by atoms with Crippen molar-refractivity contribution in [1.29, 1.82) is 0 Å². The number of rotatable bonds is 12. The summed E-state index contributed by atoms with van der Waals surface area (Å²) in [5.41, 5.74) is 5.61. The van der Waals surface area contributed by atoms with Gasteiger partial charge in [0.05, 0.1) is 16.5 Å². The van der Waals surface area contributed by atoms with E-state index in [2.05, 4.69) is 73.1 Å². The van der Waals surface area contributed by atoms with Crippen molar-refractivity contribution < 1.29 is 9.57 Å². The molecule has 1 N–H and O–H groups in total. The Morgan fingerprint density at radius 3 is 1.69 bits per heavy atom. The fourth-order valence-electron chi connectivity index (χ4n) is 5.44. The highest BCUT2D eigenvalue weighted by atomic mass is 32.1. The first-order valence-corrected chi connectivity index (χ1v) is 17.9. The zero-order chi connectivity index (χ0) is 28.5. The van der Waals surface area contributed by atoms with Gasteiger partial charge in [0.2, 0.25) is 0 Å². The maximum atomic E-state index is 5.79. The van der Waals surface area contributed by atoms with Crippen LogP contribution in [-0.2, 0) is 0 Å². The molecule has 0 saturated carbocycles. The topological polar surface area (TPSA) is 30.5 Å². The van der Waals surface area contributed by atoms with Gasteiger partial charge in [-0.2, -0.15) is 5.48 Å². The van der Waals surface area contributed by atoms with E-state index >= 15 is 0 Å². The van der Waals surface area contributed by atoms with Gasteiger partial charge in [0, 0.05) is 45.9 Å². The van der Waals surface area contributed by atoms with Crippen LogP contribution in [0.2, 0.25) is 0 Å². The smallest absolute Gasteiger partial charge is 0.147 e. The van der Waals surface area contributed by atoms with Crippen LogP contribution in [0.5, 0.6) is 11.5 Å². The first-order valence-electron chi connectivity index (χ1n) is 14.7. The third-order valence-electron chi connectivity index (χ3n) is 7.74. The normalized spacial score (nSPS) is 11.9. The maximum absolute atomic E-state index is 5.79. The average Bonchev–Trinajstić information content (AvgIpc) is 3.77. The minimum atomic E-state index is 0.863. The highest BCUT2D eigenvalue weighted by Gasteiger charge is 2.16. The molecule has 0 atom stereocenters. The molecule has 0 amide bonds.